The largest absolute Gasteiger partial charge is 0.484 e. The van der Waals surface area contributed by atoms with Crippen LogP contribution in [0.2, 0.25) is 0 Å². The number of likely N-dealkylation sites (N-methyl/N-ethyl adjacent to an activating group) is 1. The molecule has 0 saturated carbocycles. The molecule has 0 aliphatic carbocycles. The van der Waals surface area contributed by atoms with Crippen molar-refractivity contribution in [3.8, 4) is 5.75 Å². The first kappa shape index (κ1) is 16.8. The lowest BCUT2D eigenvalue weighted by Crippen LogP contribution is -2.37. The van der Waals surface area contributed by atoms with Gasteiger partial charge in [-0.2, -0.15) is 0 Å². The van der Waals surface area contributed by atoms with Gasteiger partial charge in [-0.3, -0.25) is 4.79 Å². The lowest BCUT2D eigenvalue weighted by atomic mass is 9.96. The molecule has 0 radical (unpaired) electrons. The lowest BCUT2D eigenvalue weighted by molar-refractivity contribution is -0.133. The predicted octanol–water partition coefficient (Wildman–Crippen LogP) is 1.66. The predicted molar refractivity (Wildman–Crippen MR) is 81.5 cm³/mol. The van der Waals surface area contributed by atoms with Crippen molar-refractivity contribution in [2.75, 3.05) is 20.2 Å². The third kappa shape index (κ3) is 5.72. The first-order chi connectivity index (χ1) is 9.73. The summed E-state index contributed by atoms with van der Waals surface area (Å²) in [5.41, 5.74) is 6.10. The molecule has 0 aromatic heterocycles. The van der Waals surface area contributed by atoms with Crippen LogP contribution < -0.4 is 10.5 Å². The van der Waals surface area contributed by atoms with E-state index in [0.717, 1.165) is 0 Å². The summed E-state index contributed by atoms with van der Waals surface area (Å²) >= 11 is 0. The molecule has 0 heterocycles. The zero-order chi connectivity index (χ0) is 16.0. The Labute approximate surface area is 125 Å². The summed E-state index contributed by atoms with van der Waals surface area (Å²) in [4.78, 5) is 13.6. The smallest absolute Gasteiger partial charge is 0.260 e. The molecular formula is C15H23N3O3. The van der Waals surface area contributed by atoms with Gasteiger partial charge in [-0.1, -0.05) is 25.9 Å². The van der Waals surface area contributed by atoms with Crippen LogP contribution in [0.3, 0.4) is 0 Å². The minimum Gasteiger partial charge on any atom is -0.484 e. The highest BCUT2D eigenvalue weighted by molar-refractivity contribution is 5.97. The molecule has 3 N–H and O–H groups in total. The number of hydrogen-bond acceptors (Lipinski definition) is 4. The Bertz CT molecular complexity index is 504. The van der Waals surface area contributed by atoms with E-state index >= 15 is 0 Å². The number of benzene rings is 1. The molecule has 0 aliphatic heterocycles. The summed E-state index contributed by atoms with van der Waals surface area (Å²) in [5.74, 6) is 0.509. The normalized spacial score (nSPS) is 12.1. The van der Waals surface area contributed by atoms with E-state index in [1.165, 1.54) is 0 Å². The molecule has 6 nitrogen and oxygen atoms in total. The number of carbonyl (C=O) groups excluding carboxylic acids is 1. The maximum absolute atomic E-state index is 11.9. The zero-order valence-corrected chi connectivity index (χ0v) is 13.0. The fourth-order valence-corrected chi connectivity index (χ4v) is 1.83. The van der Waals surface area contributed by atoms with Gasteiger partial charge in [0.15, 0.2) is 12.4 Å². The van der Waals surface area contributed by atoms with Crippen molar-refractivity contribution in [2.24, 2.45) is 16.3 Å². The Morgan fingerprint density at radius 2 is 1.90 bits per heavy atom. The van der Waals surface area contributed by atoms with Crippen LogP contribution in [0.25, 0.3) is 0 Å². The van der Waals surface area contributed by atoms with Crippen LogP contribution in [0.1, 0.15) is 26.3 Å². The lowest BCUT2D eigenvalue weighted by Gasteiger charge is -2.26. The highest BCUT2D eigenvalue weighted by Crippen LogP contribution is 2.15. The average Bonchev–Trinajstić information content (AvgIpc) is 2.42. The maximum Gasteiger partial charge on any atom is 0.260 e. The molecule has 0 fully saturated rings. The van der Waals surface area contributed by atoms with Gasteiger partial charge in [-0.05, 0) is 29.7 Å². The molecule has 0 atom stereocenters. The van der Waals surface area contributed by atoms with Gasteiger partial charge in [0.2, 0.25) is 0 Å². The summed E-state index contributed by atoms with van der Waals surface area (Å²) in [6.45, 7) is 6.86. The Balaban J connectivity index is 2.53. The molecule has 0 aliphatic rings. The van der Waals surface area contributed by atoms with E-state index in [1.54, 1.807) is 36.2 Å². The topological polar surface area (TPSA) is 88.2 Å². The van der Waals surface area contributed by atoms with Crippen LogP contribution >= 0.6 is 0 Å². The molecule has 0 spiro atoms. The molecule has 0 bridgehead atoms. The van der Waals surface area contributed by atoms with Gasteiger partial charge in [-0.25, -0.2) is 0 Å². The minimum atomic E-state index is -0.0783. The first-order valence-electron chi connectivity index (χ1n) is 6.67. The number of oxime groups is 1. The molecule has 1 aromatic rings. The van der Waals surface area contributed by atoms with Crippen molar-refractivity contribution in [2.45, 2.75) is 20.8 Å². The molecular weight excluding hydrogens is 270 g/mol. The molecule has 1 amide bonds. The van der Waals surface area contributed by atoms with E-state index in [2.05, 4.69) is 25.9 Å². The van der Waals surface area contributed by atoms with E-state index in [0.29, 0.717) is 17.9 Å². The molecule has 21 heavy (non-hydrogen) atoms. The summed E-state index contributed by atoms with van der Waals surface area (Å²) in [6, 6.07) is 6.66. The summed E-state index contributed by atoms with van der Waals surface area (Å²) in [7, 11) is 1.76. The summed E-state index contributed by atoms with van der Waals surface area (Å²) in [6.07, 6.45) is 0. The number of amides is 1. The Hall–Kier alpha value is -2.24. The van der Waals surface area contributed by atoms with Crippen LogP contribution in [-0.2, 0) is 4.79 Å². The quantitative estimate of drug-likeness (QED) is 0.374. The third-order valence-corrected chi connectivity index (χ3v) is 2.76. The number of nitrogens with two attached hydrogens (primary N) is 1. The van der Waals surface area contributed by atoms with Gasteiger partial charge in [0, 0.05) is 19.2 Å². The molecule has 1 aromatic carbocycles. The monoisotopic (exact) mass is 293 g/mol. The van der Waals surface area contributed by atoms with Crippen LogP contribution in [0, 0.1) is 5.41 Å². The van der Waals surface area contributed by atoms with Gasteiger partial charge in [0.1, 0.15) is 5.75 Å². The van der Waals surface area contributed by atoms with E-state index in [4.69, 9.17) is 15.7 Å². The minimum absolute atomic E-state index is 0.0184. The molecule has 6 heteroatoms. The van der Waals surface area contributed by atoms with Crippen molar-refractivity contribution in [3.05, 3.63) is 29.8 Å². The van der Waals surface area contributed by atoms with Gasteiger partial charge < -0.3 is 20.6 Å². The fraction of sp³-hybridized carbons (Fsp3) is 0.467. The first-order valence-corrected chi connectivity index (χ1v) is 6.67. The second kappa shape index (κ2) is 6.97. The second-order valence-electron chi connectivity index (χ2n) is 6.11. The number of hydrogen-bond donors (Lipinski definition) is 2. The van der Waals surface area contributed by atoms with E-state index in [1.807, 2.05) is 0 Å². The molecule has 0 unspecified atom stereocenters. The number of nitrogens with zero attached hydrogens (tertiary/aromatic N) is 2. The average molecular weight is 293 g/mol. The second-order valence-corrected chi connectivity index (χ2v) is 6.11. The standard InChI is InChI=1S/C15H23N3O3/c1-15(2,3)10-18(4)13(19)9-21-12-7-5-11(6-8-12)14(16)17-20/h5-8,20H,9-10H2,1-4H3,(H2,16,17). The number of carbonyl (C=O) groups is 1. The van der Waals surface area contributed by atoms with Crippen molar-refractivity contribution in [3.63, 3.8) is 0 Å². The summed E-state index contributed by atoms with van der Waals surface area (Å²) in [5, 5.41) is 11.5. The van der Waals surface area contributed by atoms with E-state index in [-0.39, 0.29) is 23.8 Å². The van der Waals surface area contributed by atoms with Crippen molar-refractivity contribution < 1.29 is 14.7 Å². The van der Waals surface area contributed by atoms with Crippen LogP contribution in [0.4, 0.5) is 0 Å². The van der Waals surface area contributed by atoms with Gasteiger partial charge >= 0.3 is 0 Å². The highest BCUT2D eigenvalue weighted by atomic mass is 16.5. The van der Waals surface area contributed by atoms with Crippen LogP contribution in [-0.4, -0.2) is 42.0 Å². The van der Waals surface area contributed by atoms with Crippen LogP contribution in [0.15, 0.2) is 29.4 Å². The Kier molecular flexibility index (Phi) is 5.58. The third-order valence-electron chi connectivity index (χ3n) is 2.76. The van der Waals surface area contributed by atoms with Crippen molar-refractivity contribution >= 4 is 11.7 Å². The summed E-state index contributed by atoms with van der Waals surface area (Å²) < 4.78 is 5.44. The van der Waals surface area contributed by atoms with Gasteiger partial charge in [0.05, 0.1) is 0 Å². The maximum atomic E-state index is 11.9. The number of rotatable bonds is 5. The van der Waals surface area contributed by atoms with Crippen molar-refractivity contribution in [1.82, 2.24) is 4.90 Å². The molecule has 1 rings (SSSR count). The van der Waals surface area contributed by atoms with E-state index in [9.17, 15) is 4.79 Å². The van der Waals surface area contributed by atoms with Crippen molar-refractivity contribution in [1.29, 1.82) is 0 Å². The highest BCUT2D eigenvalue weighted by Gasteiger charge is 2.17. The van der Waals surface area contributed by atoms with Crippen LogP contribution in [0.5, 0.6) is 5.75 Å². The van der Waals surface area contributed by atoms with E-state index < -0.39 is 0 Å². The number of amidine groups is 1. The fourth-order valence-electron chi connectivity index (χ4n) is 1.83. The van der Waals surface area contributed by atoms with Gasteiger partial charge in [-0.15, -0.1) is 0 Å². The van der Waals surface area contributed by atoms with Gasteiger partial charge in [0.25, 0.3) is 5.91 Å². The number of ether oxygens (including phenoxy) is 1. The molecule has 0 saturated heterocycles. The Morgan fingerprint density at radius 3 is 2.38 bits per heavy atom. The molecule has 116 valence electrons. The SMILES string of the molecule is CN(CC(C)(C)C)C(=O)COc1ccc(C(N)=NO)cc1. The zero-order valence-electron chi connectivity index (χ0n) is 13.0. The Morgan fingerprint density at radius 1 is 1.33 bits per heavy atom.